The molecule has 1 aromatic heterocycles. The van der Waals surface area contributed by atoms with Gasteiger partial charge in [0.1, 0.15) is 5.56 Å². The van der Waals surface area contributed by atoms with Gasteiger partial charge >= 0.3 is 5.97 Å². The fraction of sp³-hybridized carbons (Fsp3) is 0.143. The van der Waals surface area contributed by atoms with Crippen molar-refractivity contribution < 1.29 is 19.4 Å². The molecule has 0 fully saturated rings. The second-order valence-corrected chi connectivity index (χ2v) is 5.35. The molecule has 0 atom stereocenters. The molecule has 1 aromatic carbocycles. The van der Waals surface area contributed by atoms with Crippen LogP contribution in [-0.2, 0) is 0 Å². The van der Waals surface area contributed by atoms with Crippen molar-refractivity contribution in [2.24, 2.45) is 0 Å². The first-order chi connectivity index (χ1) is 9.99. The van der Waals surface area contributed by atoms with E-state index in [-0.39, 0.29) is 12.4 Å². The van der Waals surface area contributed by atoms with Gasteiger partial charge in [0.25, 0.3) is 5.56 Å². The maximum Gasteiger partial charge on any atom is 0.341 e. The second kappa shape index (κ2) is 4.92. The zero-order valence-corrected chi connectivity index (χ0v) is 12.5. The molecular weight excluding hydrogens is 342 g/mol. The number of carboxylic acid groups (broad SMARTS) is 1. The number of hydrogen-bond acceptors (Lipinski definition) is 4. The molecular formula is C14H10BrNO5. The van der Waals surface area contributed by atoms with E-state index >= 15 is 0 Å². The summed E-state index contributed by atoms with van der Waals surface area (Å²) in [7, 11) is 0. The number of rotatable bonds is 2. The van der Waals surface area contributed by atoms with Gasteiger partial charge in [-0.2, -0.15) is 0 Å². The minimum atomic E-state index is -1.26. The maximum absolute atomic E-state index is 12.4. The molecule has 0 saturated carbocycles. The number of pyridine rings is 1. The smallest absolute Gasteiger partial charge is 0.341 e. The quantitative estimate of drug-likeness (QED) is 0.898. The lowest BCUT2D eigenvalue weighted by atomic mass is 10.1. The highest BCUT2D eigenvalue weighted by atomic mass is 79.9. The van der Waals surface area contributed by atoms with Gasteiger partial charge in [-0.15, -0.1) is 0 Å². The van der Waals surface area contributed by atoms with E-state index in [9.17, 15) is 14.7 Å². The van der Waals surface area contributed by atoms with Crippen LogP contribution in [0.1, 0.15) is 15.9 Å². The van der Waals surface area contributed by atoms with Crippen molar-refractivity contribution in [2.75, 3.05) is 6.79 Å². The van der Waals surface area contributed by atoms with Gasteiger partial charge in [-0.3, -0.25) is 9.36 Å². The number of halogens is 1. The van der Waals surface area contributed by atoms with Gasteiger partial charge < -0.3 is 14.6 Å². The first kappa shape index (κ1) is 13.7. The summed E-state index contributed by atoms with van der Waals surface area (Å²) in [6.07, 6.45) is 1.54. The van der Waals surface area contributed by atoms with Crippen LogP contribution in [0.15, 0.2) is 33.7 Å². The third kappa shape index (κ3) is 2.19. The molecule has 0 saturated heterocycles. The largest absolute Gasteiger partial charge is 0.477 e. The van der Waals surface area contributed by atoms with Crippen LogP contribution in [0.25, 0.3) is 5.69 Å². The fourth-order valence-corrected chi connectivity index (χ4v) is 2.55. The van der Waals surface area contributed by atoms with Crippen molar-refractivity contribution in [1.82, 2.24) is 4.57 Å². The van der Waals surface area contributed by atoms with Crippen LogP contribution >= 0.6 is 15.9 Å². The predicted molar refractivity (Wildman–Crippen MR) is 77.6 cm³/mol. The summed E-state index contributed by atoms with van der Waals surface area (Å²) in [5.74, 6) is -0.141. The average Bonchev–Trinajstić information content (AvgIpc) is 2.90. The van der Waals surface area contributed by atoms with Gasteiger partial charge in [0.2, 0.25) is 6.79 Å². The molecule has 0 bridgehead atoms. The Kier molecular flexibility index (Phi) is 3.21. The van der Waals surface area contributed by atoms with Crippen molar-refractivity contribution in [3.8, 4) is 17.2 Å². The van der Waals surface area contributed by atoms with Crippen molar-refractivity contribution >= 4 is 21.9 Å². The normalized spacial score (nSPS) is 12.5. The SMILES string of the molecule is Cc1c(Br)cn(-c2ccc3c(c2)OCO3)c(=O)c1C(=O)O. The Hall–Kier alpha value is -2.28. The highest BCUT2D eigenvalue weighted by molar-refractivity contribution is 9.10. The molecule has 108 valence electrons. The molecule has 7 heteroatoms. The Bertz CT molecular complexity index is 812. The Balaban J connectivity index is 2.24. The maximum atomic E-state index is 12.4. The summed E-state index contributed by atoms with van der Waals surface area (Å²) >= 11 is 3.28. The van der Waals surface area contributed by atoms with E-state index in [1.54, 1.807) is 31.3 Å². The molecule has 0 spiro atoms. The van der Waals surface area contributed by atoms with E-state index < -0.39 is 11.5 Å². The molecule has 0 radical (unpaired) electrons. The molecule has 3 rings (SSSR count). The molecule has 2 heterocycles. The van der Waals surface area contributed by atoms with Crippen LogP contribution in [0, 0.1) is 6.92 Å². The zero-order chi connectivity index (χ0) is 15.1. The standard InChI is InChI=1S/C14H10BrNO5/c1-7-9(15)5-16(13(17)12(7)14(18)19)8-2-3-10-11(4-8)21-6-20-10/h2-5H,6H2,1H3,(H,18,19). The van der Waals surface area contributed by atoms with Crippen LogP contribution < -0.4 is 15.0 Å². The fourth-order valence-electron chi connectivity index (χ4n) is 2.15. The number of aromatic carboxylic acids is 1. The Labute approximate surface area is 127 Å². The number of hydrogen-bond donors (Lipinski definition) is 1. The number of fused-ring (bicyclic) bond motifs is 1. The average molecular weight is 352 g/mol. The summed E-state index contributed by atoms with van der Waals surface area (Å²) in [5, 5.41) is 9.22. The third-order valence-corrected chi connectivity index (χ3v) is 4.06. The number of carboxylic acids is 1. The lowest BCUT2D eigenvalue weighted by Crippen LogP contribution is -2.26. The molecule has 2 aromatic rings. The van der Waals surface area contributed by atoms with Crippen molar-refractivity contribution in [2.45, 2.75) is 6.92 Å². The first-order valence-corrected chi connectivity index (χ1v) is 6.83. The zero-order valence-electron chi connectivity index (χ0n) is 10.9. The van der Waals surface area contributed by atoms with Crippen LogP contribution in [0.4, 0.5) is 0 Å². The van der Waals surface area contributed by atoms with Crippen LogP contribution in [0.2, 0.25) is 0 Å². The Morgan fingerprint density at radius 1 is 1.33 bits per heavy atom. The summed E-state index contributed by atoms with van der Waals surface area (Å²) in [6, 6.07) is 4.98. The predicted octanol–water partition coefficient (Wildman–Crippen LogP) is 2.34. The van der Waals surface area contributed by atoms with Gasteiger partial charge in [-0.05, 0) is 40.5 Å². The number of ether oxygens (including phenoxy) is 2. The van der Waals surface area contributed by atoms with Crippen molar-refractivity contribution in [1.29, 1.82) is 0 Å². The van der Waals surface area contributed by atoms with E-state index in [2.05, 4.69) is 15.9 Å². The lowest BCUT2D eigenvalue weighted by molar-refractivity contribution is 0.0693. The third-order valence-electron chi connectivity index (χ3n) is 3.26. The van der Waals surface area contributed by atoms with Gasteiger partial charge in [-0.1, -0.05) is 0 Å². The van der Waals surface area contributed by atoms with Crippen LogP contribution in [0.3, 0.4) is 0 Å². The minimum absolute atomic E-state index is 0.131. The van der Waals surface area contributed by atoms with E-state index in [4.69, 9.17) is 9.47 Å². The molecule has 0 amide bonds. The topological polar surface area (TPSA) is 77.8 Å². The highest BCUT2D eigenvalue weighted by Crippen LogP contribution is 2.33. The molecule has 1 aliphatic heterocycles. The number of aromatic nitrogens is 1. The van der Waals surface area contributed by atoms with Gasteiger partial charge in [0.05, 0.1) is 5.69 Å². The first-order valence-electron chi connectivity index (χ1n) is 6.04. The van der Waals surface area contributed by atoms with E-state index in [1.807, 2.05) is 0 Å². The van der Waals surface area contributed by atoms with Crippen LogP contribution in [-0.4, -0.2) is 22.4 Å². The number of carbonyl (C=O) groups is 1. The van der Waals surface area contributed by atoms with E-state index in [0.29, 0.717) is 27.2 Å². The molecule has 0 aliphatic carbocycles. The summed E-state index contributed by atoms with van der Waals surface area (Å²) in [6.45, 7) is 1.71. The van der Waals surface area contributed by atoms with Gasteiger partial charge in [0.15, 0.2) is 11.5 Å². The molecule has 1 aliphatic rings. The molecule has 21 heavy (non-hydrogen) atoms. The van der Waals surface area contributed by atoms with E-state index in [1.165, 1.54) is 4.57 Å². The highest BCUT2D eigenvalue weighted by Gasteiger charge is 2.20. The Morgan fingerprint density at radius 3 is 2.76 bits per heavy atom. The summed E-state index contributed by atoms with van der Waals surface area (Å²) < 4.78 is 12.3. The monoisotopic (exact) mass is 351 g/mol. The van der Waals surface area contributed by atoms with Crippen molar-refractivity contribution in [3.05, 3.63) is 50.3 Å². The van der Waals surface area contributed by atoms with Crippen LogP contribution in [0.5, 0.6) is 11.5 Å². The molecule has 0 unspecified atom stereocenters. The second-order valence-electron chi connectivity index (χ2n) is 4.49. The summed E-state index contributed by atoms with van der Waals surface area (Å²) in [5.41, 5.74) is 0.0426. The summed E-state index contributed by atoms with van der Waals surface area (Å²) in [4.78, 5) is 23.7. The van der Waals surface area contributed by atoms with E-state index in [0.717, 1.165) is 0 Å². The van der Waals surface area contributed by atoms with Gasteiger partial charge in [0, 0.05) is 16.7 Å². The Morgan fingerprint density at radius 2 is 2.05 bits per heavy atom. The molecule has 6 nitrogen and oxygen atoms in total. The van der Waals surface area contributed by atoms with Gasteiger partial charge in [-0.25, -0.2) is 4.79 Å². The lowest BCUT2D eigenvalue weighted by Gasteiger charge is -2.11. The number of nitrogens with zero attached hydrogens (tertiary/aromatic N) is 1. The minimum Gasteiger partial charge on any atom is -0.477 e. The van der Waals surface area contributed by atoms with Crippen molar-refractivity contribution in [3.63, 3.8) is 0 Å². The number of benzene rings is 1. The molecule has 1 N–H and O–H groups in total.